The van der Waals surface area contributed by atoms with E-state index in [4.69, 9.17) is 14.6 Å². The van der Waals surface area contributed by atoms with Gasteiger partial charge >= 0.3 is 12.1 Å². The van der Waals surface area contributed by atoms with E-state index in [2.05, 4.69) is 10.1 Å². The molecular weight excluding hydrogens is 522 g/mol. The van der Waals surface area contributed by atoms with Gasteiger partial charge in [-0.3, -0.25) is 14.5 Å². The van der Waals surface area contributed by atoms with Crippen molar-refractivity contribution >= 4 is 11.9 Å². The molecule has 14 heteroatoms. The van der Waals surface area contributed by atoms with E-state index in [-0.39, 0.29) is 11.5 Å². The van der Waals surface area contributed by atoms with Crippen LogP contribution in [0.4, 0.5) is 26.3 Å². The molecule has 0 aliphatic carbocycles. The Bertz CT molecular complexity index is 1370. The predicted molar refractivity (Wildman–Crippen MR) is 121 cm³/mol. The number of nitrogens with zero attached hydrogens (tertiary/aromatic N) is 4. The molecule has 204 valence electrons. The van der Waals surface area contributed by atoms with E-state index in [1.165, 1.54) is 18.0 Å². The number of aryl methyl sites for hydroxylation is 1. The van der Waals surface area contributed by atoms with Crippen LogP contribution >= 0.6 is 0 Å². The van der Waals surface area contributed by atoms with Gasteiger partial charge in [0.1, 0.15) is 11.4 Å². The van der Waals surface area contributed by atoms with Gasteiger partial charge in [0.05, 0.1) is 24.5 Å². The lowest BCUT2D eigenvalue weighted by Crippen LogP contribution is -2.39. The van der Waals surface area contributed by atoms with E-state index in [1.54, 1.807) is 24.9 Å². The van der Waals surface area contributed by atoms with Crippen molar-refractivity contribution in [3.8, 4) is 17.0 Å². The summed E-state index contributed by atoms with van der Waals surface area (Å²) >= 11 is 0. The number of halogens is 6. The van der Waals surface area contributed by atoms with Crippen molar-refractivity contribution in [2.45, 2.75) is 32.5 Å². The molecule has 1 atom stereocenters. The number of hydrogen-bond donors (Lipinski definition) is 1. The van der Waals surface area contributed by atoms with Gasteiger partial charge in [0, 0.05) is 36.5 Å². The zero-order valence-electron chi connectivity index (χ0n) is 20.5. The van der Waals surface area contributed by atoms with Crippen LogP contribution in [-0.4, -0.2) is 56.5 Å². The van der Waals surface area contributed by atoms with Crippen LogP contribution in [0.15, 0.2) is 24.4 Å². The van der Waals surface area contributed by atoms with Gasteiger partial charge in [0.2, 0.25) is 0 Å². The SMILES string of the molecule is COc1ccnc(C(=O)N2CCc3c(nn(C)c3-c3cc(F)c(F)c(F)c3)[C@@H]2C)c1C.O=C(O)C(F)(F)F. The number of fused-ring (bicyclic) bond motifs is 1. The van der Waals surface area contributed by atoms with Crippen LogP contribution in [0, 0.1) is 24.4 Å². The summed E-state index contributed by atoms with van der Waals surface area (Å²) < 4.78 is 79.6. The number of rotatable bonds is 3. The maximum atomic E-state index is 13.8. The molecule has 0 fully saturated rings. The standard InChI is InChI=1S/C22H21F3N4O2.C2HF3O2/c1-11-17(31-4)5-7-26-19(11)22(30)29-8-6-14-20(12(29)2)27-28(3)21(14)13-9-15(23)18(25)16(24)10-13;3-2(4,5)1(6)7/h5,7,9-10,12H,6,8H2,1-4H3;(H,6,7)/t12-;/m0./s1. The molecule has 3 heterocycles. The number of pyridine rings is 1. The Morgan fingerprint density at radius 2 is 1.74 bits per heavy atom. The largest absolute Gasteiger partial charge is 0.496 e. The van der Waals surface area contributed by atoms with Gasteiger partial charge in [-0.1, -0.05) is 0 Å². The van der Waals surface area contributed by atoms with Crippen LogP contribution < -0.4 is 4.74 Å². The smallest absolute Gasteiger partial charge is 0.490 e. The maximum absolute atomic E-state index is 13.8. The highest BCUT2D eigenvalue weighted by atomic mass is 19.4. The van der Waals surface area contributed by atoms with Gasteiger partial charge in [-0.2, -0.15) is 18.3 Å². The van der Waals surface area contributed by atoms with Crippen molar-refractivity contribution in [1.82, 2.24) is 19.7 Å². The molecule has 3 aromatic rings. The number of carbonyl (C=O) groups is 2. The third kappa shape index (κ3) is 5.43. The van der Waals surface area contributed by atoms with Crippen LogP contribution in [0.25, 0.3) is 11.3 Å². The van der Waals surface area contributed by atoms with E-state index in [1.807, 2.05) is 6.92 Å². The summed E-state index contributed by atoms with van der Waals surface area (Å²) in [5, 5.41) is 11.6. The fourth-order valence-electron chi connectivity index (χ4n) is 4.17. The maximum Gasteiger partial charge on any atom is 0.490 e. The van der Waals surface area contributed by atoms with Crippen LogP contribution in [0.5, 0.6) is 5.75 Å². The van der Waals surface area contributed by atoms with Crippen molar-refractivity contribution < 1.29 is 45.8 Å². The third-order valence-electron chi connectivity index (χ3n) is 5.98. The summed E-state index contributed by atoms with van der Waals surface area (Å²) in [5.41, 5.74) is 3.05. The number of aliphatic carboxylic acids is 1. The minimum Gasteiger partial charge on any atom is -0.496 e. The Labute approximate surface area is 212 Å². The van der Waals surface area contributed by atoms with Crippen LogP contribution in [0.2, 0.25) is 0 Å². The van der Waals surface area contributed by atoms with E-state index in [0.717, 1.165) is 17.7 Å². The van der Waals surface area contributed by atoms with Gasteiger partial charge in [-0.15, -0.1) is 0 Å². The number of aromatic nitrogens is 3. The molecule has 0 saturated heterocycles. The molecule has 38 heavy (non-hydrogen) atoms. The van der Waals surface area contributed by atoms with Crippen molar-refractivity contribution in [1.29, 1.82) is 0 Å². The van der Waals surface area contributed by atoms with E-state index >= 15 is 0 Å². The minimum atomic E-state index is -5.08. The predicted octanol–water partition coefficient (Wildman–Crippen LogP) is 4.61. The summed E-state index contributed by atoms with van der Waals surface area (Å²) in [7, 11) is 3.18. The van der Waals surface area contributed by atoms with Crippen molar-refractivity contribution in [2.24, 2.45) is 7.05 Å². The van der Waals surface area contributed by atoms with Gasteiger partial charge < -0.3 is 14.7 Å². The molecule has 1 aliphatic heterocycles. The molecule has 4 rings (SSSR count). The second kappa shape index (κ2) is 10.7. The Kier molecular flexibility index (Phi) is 8.03. The molecule has 1 aliphatic rings. The summed E-state index contributed by atoms with van der Waals surface area (Å²) in [6.07, 6.45) is -3.13. The Hall–Kier alpha value is -4.10. The first kappa shape index (κ1) is 28.5. The Morgan fingerprint density at radius 1 is 1.16 bits per heavy atom. The molecular formula is C24H22F6N4O4. The van der Waals surface area contributed by atoms with Gasteiger partial charge in [0.15, 0.2) is 17.5 Å². The summed E-state index contributed by atoms with van der Waals surface area (Å²) in [4.78, 5) is 28.0. The minimum absolute atomic E-state index is 0.199. The number of ether oxygens (including phenoxy) is 1. The van der Waals surface area contributed by atoms with Gasteiger partial charge in [-0.25, -0.2) is 18.0 Å². The van der Waals surface area contributed by atoms with E-state index in [0.29, 0.717) is 41.4 Å². The Morgan fingerprint density at radius 3 is 2.26 bits per heavy atom. The number of carboxylic acids is 1. The van der Waals surface area contributed by atoms with E-state index < -0.39 is 35.6 Å². The molecule has 8 nitrogen and oxygen atoms in total. The van der Waals surface area contributed by atoms with Crippen LogP contribution in [0.1, 0.15) is 40.3 Å². The number of methoxy groups -OCH3 is 1. The molecule has 1 aromatic carbocycles. The molecule has 0 unspecified atom stereocenters. The van der Waals surface area contributed by atoms with Gasteiger partial charge in [0.25, 0.3) is 5.91 Å². The highest BCUT2D eigenvalue weighted by Gasteiger charge is 2.38. The third-order valence-corrected chi connectivity index (χ3v) is 5.98. The molecule has 0 radical (unpaired) electrons. The first-order valence-corrected chi connectivity index (χ1v) is 11.0. The monoisotopic (exact) mass is 544 g/mol. The lowest BCUT2D eigenvalue weighted by molar-refractivity contribution is -0.192. The van der Waals surface area contributed by atoms with Crippen molar-refractivity contribution in [3.05, 3.63) is 64.4 Å². The molecule has 1 amide bonds. The quantitative estimate of drug-likeness (QED) is 0.382. The second-order valence-corrected chi connectivity index (χ2v) is 8.30. The average molecular weight is 544 g/mol. The fraction of sp³-hybridized carbons (Fsp3) is 0.333. The zero-order valence-corrected chi connectivity index (χ0v) is 20.5. The summed E-state index contributed by atoms with van der Waals surface area (Å²) in [6.45, 7) is 3.99. The zero-order chi connectivity index (χ0) is 28.5. The van der Waals surface area contributed by atoms with Crippen LogP contribution in [-0.2, 0) is 18.3 Å². The number of carbonyl (C=O) groups excluding carboxylic acids is 1. The molecule has 2 aromatic heterocycles. The molecule has 1 N–H and O–H groups in total. The highest BCUT2D eigenvalue weighted by Crippen LogP contribution is 2.37. The first-order chi connectivity index (χ1) is 17.7. The van der Waals surface area contributed by atoms with Crippen LogP contribution in [0.3, 0.4) is 0 Å². The van der Waals surface area contributed by atoms with Gasteiger partial charge in [-0.05, 0) is 38.5 Å². The summed E-state index contributed by atoms with van der Waals surface area (Å²) in [5.74, 6) is -6.46. The number of benzene rings is 1. The topological polar surface area (TPSA) is 97.5 Å². The normalized spacial score (nSPS) is 14.9. The molecule has 0 saturated carbocycles. The average Bonchev–Trinajstić information content (AvgIpc) is 3.18. The number of carboxylic acid groups (broad SMARTS) is 1. The molecule has 0 spiro atoms. The second-order valence-electron chi connectivity index (χ2n) is 8.30. The number of hydrogen-bond acceptors (Lipinski definition) is 5. The lowest BCUT2D eigenvalue weighted by atomic mass is 9.95. The van der Waals surface area contributed by atoms with Crippen molar-refractivity contribution in [2.75, 3.05) is 13.7 Å². The lowest BCUT2D eigenvalue weighted by Gasteiger charge is -2.33. The van der Waals surface area contributed by atoms with Crippen molar-refractivity contribution in [3.63, 3.8) is 0 Å². The number of amides is 1. The number of alkyl halides is 3. The van der Waals surface area contributed by atoms with E-state index in [9.17, 15) is 31.1 Å². The fourth-order valence-corrected chi connectivity index (χ4v) is 4.17. The molecule has 0 bridgehead atoms. The summed E-state index contributed by atoms with van der Waals surface area (Å²) in [6, 6.07) is 3.22. The highest BCUT2D eigenvalue weighted by molar-refractivity contribution is 5.94. The first-order valence-electron chi connectivity index (χ1n) is 11.0. The Balaban J connectivity index is 0.000000505.